The lowest BCUT2D eigenvalue weighted by Gasteiger charge is -2.22. The Balaban J connectivity index is 1.96. The molecule has 2 rings (SSSR count). The highest BCUT2D eigenvalue weighted by Crippen LogP contribution is 2.29. The number of nitrogens with one attached hydrogen (secondary N) is 1. The fraction of sp³-hybridized carbons (Fsp3) is 0.500. The van der Waals surface area contributed by atoms with E-state index in [0.29, 0.717) is 16.8 Å². The first kappa shape index (κ1) is 12.7. The Bertz CT molecular complexity index is 442. The van der Waals surface area contributed by atoms with Gasteiger partial charge in [-0.1, -0.05) is 11.6 Å². The first-order chi connectivity index (χ1) is 8.13. The minimum absolute atomic E-state index is 0.507. The lowest BCUT2D eigenvalue weighted by molar-refractivity contribution is 0.490. The van der Waals surface area contributed by atoms with Crippen molar-refractivity contribution in [1.29, 1.82) is 5.26 Å². The van der Waals surface area contributed by atoms with Gasteiger partial charge in [0.1, 0.15) is 10.6 Å². The van der Waals surface area contributed by atoms with E-state index < -0.39 is 5.54 Å². The second-order valence-corrected chi connectivity index (χ2v) is 5.81. The summed E-state index contributed by atoms with van der Waals surface area (Å²) in [7, 11) is 0. The Kier molecular flexibility index (Phi) is 3.93. The van der Waals surface area contributed by atoms with Gasteiger partial charge >= 0.3 is 0 Å². The molecule has 5 heteroatoms. The SMILES string of the molecule is CC(C#N)(CSc1ncccc1Cl)NC1CC1. The molecule has 1 aromatic rings. The van der Waals surface area contributed by atoms with Crippen LogP contribution in [0.5, 0.6) is 0 Å². The van der Waals surface area contributed by atoms with Gasteiger partial charge in [-0.05, 0) is 31.9 Å². The van der Waals surface area contributed by atoms with Gasteiger partial charge in [-0.25, -0.2) is 4.98 Å². The molecule has 0 aliphatic heterocycles. The first-order valence-corrected chi connectivity index (χ1v) is 6.91. The molecule has 90 valence electrons. The molecule has 0 saturated heterocycles. The third-order valence-electron chi connectivity index (χ3n) is 2.57. The molecule has 1 N–H and O–H groups in total. The van der Waals surface area contributed by atoms with Crippen LogP contribution in [0.25, 0.3) is 0 Å². The highest BCUT2D eigenvalue weighted by atomic mass is 35.5. The zero-order chi connectivity index (χ0) is 12.3. The number of rotatable bonds is 5. The van der Waals surface area contributed by atoms with Crippen LogP contribution in [0.4, 0.5) is 0 Å². The van der Waals surface area contributed by atoms with Gasteiger partial charge < -0.3 is 0 Å². The van der Waals surface area contributed by atoms with E-state index in [9.17, 15) is 5.26 Å². The maximum Gasteiger partial charge on any atom is 0.115 e. The molecular weight excluding hydrogens is 254 g/mol. The molecule has 1 heterocycles. The summed E-state index contributed by atoms with van der Waals surface area (Å²) in [6, 6.07) is 6.47. The number of thioether (sulfide) groups is 1. The van der Waals surface area contributed by atoms with E-state index in [1.807, 2.05) is 13.0 Å². The van der Waals surface area contributed by atoms with Crippen LogP contribution in [-0.4, -0.2) is 22.3 Å². The highest BCUT2D eigenvalue weighted by Gasteiger charge is 2.32. The second kappa shape index (κ2) is 5.26. The Labute approximate surface area is 111 Å². The smallest absolute Gasteiger partial charge is 0.115 e. The van der Waals surface area contributed by atoms with Crippen molar-refractivity contribution in [2.24, 2.45) is 0 Å². The monoisotopic (exact) mass is 267 g/mol. The fourth-order valence-corrected chi connectivity index (χ4v) is 2.67. The van der Waals surface area contributed by atoms with Gasteiger partial charge in [-0.15, -0.1) is 11.8 Å². The van der Waals surface area contributed by atoms with Crippen molar-refractivity contribution in [3.05, 3.63) is 23.4 Å². The number of nitrogens with zero attached hydrogens (tertiary/aromatic N) is 2. The lowest BCUT2D eigenvalue weighted by atomic mass is 10.1. The maximum absolute atomic E-state index is 9.23. The molecule has 1 fully saturated rings. The highest BCUT2D eigenvalue weighted by molar-refractivity contribution is 7.99. The van der Waals surface area contributed by atoms with E-state index in [2.05, 4.69) is 16.4 Å². The van der Waals surface area contributed by atoms with Gasteiger partial charge in [-0.3, -0.25) is 5.32 Å². The summed E-state index contributed by atoms with van der Waals surface area (Å²) in [6.45, 7) is 1.93. The summed E-state index contributed by atoms with van der Waals surface area (Å²) in [5.41, 5.74) is -0.507. The van der Waals surface area contributed by atoms with Crippen LogP contribution >= 0.6 is 23.4 Å². The normalized spacial score (nSPS) is 18.4. The third-order valence-corrected chi connectivity index (χ3v) is 4.31. The molecule has 17 heavy (non-hydrogen) atoms. The van der Waals surface area contributed by atoms with Crippen LogP contribution < -0.4 is 5.32 Å². The molecule has 0 bridgehead atoms. The van der Waals surface area contributed by atoms with E-state index in [1.165, 1.54) is 24.6 Å². The van der Waals surface area contributed by atoms with Crippen molar-refractivity contribution in [3.63, 3.8) is 0 Å². The van der Waals surface area contributed by atoms with E-state index in [-0.39, 0.29) is 0 Å². The van der Waals surface area contributed by atoms with Crippen molar-refractivity contribution >= 4 is 23.4 Å². The van der Waals surface area contributed by atoms with Gasteiger partial charge in [0.25, 0.3) is 0 Å². The average Bonchev–Trinajstić information content (AvgIpc) is 3.12. The fourth-order valence-electron chi connectivity index (χ4n) is 1.47. The molecule has 3 nitrogen and oxygen atoms in total. The predicted octanol–water partition coefficient (Wildman–Crippen LogP) is 2.86. The summed E-state index contributed by atoms with van der Waals surface area (Å²) < 4.78 is 0. The predicted molar refractivity (Wildman–Crippen MR) is 70.1 cm³/mol. The zero-order valence-electron chi connectivity index (χ0n) is 9.61. The van der Waals surface area contributed by atoms with Crippen LogP contribution in [0.15, 0.2) is 23.4 Å². The van der Waals surface area contributed by atoms with Crippen molar-refractivity contribution in [1.82, 2.24) is 10.3 Å². The van der Waals surface area contributed by atoms with Gasteiger partial charge in [-0.2, -0.15) is 5.26 Å². The van der Waals surface area contributed by atoms with Crippen LogP contribution in [0.3, 0.4) is 0 Å². The number of hydrogen-bond donors (Lipinski definition) is 1. The maximum atomic E-state index is 9.23. The molecule has 1 aromatic heterocycles. The molecule has 0 radical (unpaired) electrons. The number of pyridine rings is 1. The number of hydrogen-bond acceptors (Lipinski definition) is 4. The van der Waals surface area contributed by atoms with Gasteiger partial charge in [0, 0.05) is 18.0 Å². The topological polar surface area (TPSA) is 48.7 Å². The molecule has 1 atom stereocenters. The number of halogens is 1. The Morgan fingerprint density at radius 3 is 3.06 bits per heavy atom. The molecule has 0 amide bonds. The summed E-state index contributed by atoms with van der Waals surface area (Å²) in [4.78, 5) is 4.20. The standard InChI is InChI=1S/C12H14ClN3S/c1-12(7-14,16-9-4-5-9)8-17-11-10(13)3-2-6-15-11/h2-3,6,9,16H,4-5,8H2,1H3. The summed E-state index contributed by atoms with van der Waals surface area (Å²) in [5.74, 6) is 0.650. The zero-order valence-corrected chi connectivity index (χ0v) is 11.2. The van der Waals surface area contributed by atoms with E-state index in [1.54, 1.807) is 12.3 Å². The van der Waals surface area contributed by atoms with Crippen molar-refractivity contribution in [2.45, 2.75) is 36.4 Å². The molecule has 1 unspecified atom stereocenters. The van der Waals surface area contributed by atoms with Crippen LogP contribution in [0.1, 0.15) is 19.8 Å². The van der Waals surface area contributed by atoms with Crippen LogP contribution in [-0.2, 0) is 0 Å². The summed E-state index contributed by atoms with van der Waals surface area (Å²) >= 11 is 7.55. The quantitative estimate of drug-likeness (QED) is 0.834. The second-order valence-electron chi connectivity index (χ2n) is 4.44. The van der Waals surface area contributed by atoms with E-state index in [0.717, 1.165) is 5.03 Å². The van der Waals surface area contributed by atoms with Crippen molar-refractivity contribution < 1.29 is 0 Å². The van der Waals surface area contributed by atoms with Gasteiger partial charge in [0.05, 0.1) is 11.1 Å². The van der Waals surface area contributed by atoms with Crippen molar-refractivity contribution in [2.75, 3.05) is 5.75 Å². The first-order valence-electron chi connectivity index (χ1n) is 5.55. The average molecular weight is 268 g/mol. The molecule has 0 spiro atoms. The molecule has 1 aliphatic rings. The third kappa shape index (κ3) is 3.60. The van der Waals surface area contributed by atoms with Gasteiger partial charge in [0.15, 0.2) is 0 Å². The largest absolute Gasteiger partial charge is 0.296 e. The molecular formula is C12H14ClN3S. The summed E-state index contributed by atoms with van der Waals surface area (Å²) in [5, 5.41) is 14.0. The van der Waals surface area contributed by atoms with Crippen LogP contribution in [0, 0.1) is 11.3 Å². The number of aromatic nitrogens is 1. The van der Waals surface area contributed by atoms with E-state index >= 15 is 0 Å². The Hall–Kier alpha value is -0.760. The Morgan fingerprint density at radius 1 is 1.71 bits per heavy atom. The number of nitriles is 1. The minimum Gasteiger partial charge on any atom is -0.296 e. The summed E-state index contributed by atoms with van der Waals surface area (Å²) in [6.07, 6.45) is 4.06. The van der Waals surface area contributed by atoms with Crippen LogP contribution in [0.2, 0.25) is 5.02 Å². The van der Waals surface area contributed by atoms with E-state index in [4.69, 9.17) is 11.6 Å². The Morgan fingerprint density at radius 2 is 2.47 bits per heavy atom. The lowest BCUT2D eigenvalue weighted by Crippen LogP contribution is -2.44. The molecule has 1 aliphatic carbocycles. The molecule has 1 saturated carbocycles. The molecule has 0 aromatic carbocycles. The minimum atomic E-state index is -0.507. The van der Waals surface area contributed by atoms with Crippen molar-refractivity contribution in [3.8, 4) is 6.07 Å². The van der Waals surface area contributed by atoms with Gasteiger partial charge in [0.2, 0.25) is 0 Å².